The Balaban J connectivity index is 1.49. The lowest BCUT2D eigenvalue weighted by Crippen LogP contribution is -2.49. The summed E-state index contributed by atoms with van der Waals surface area (Å²) in [6, 6.07) is 16.4. The van der Waals surface area contributed by atoms with Gasteiger partial charge in [0.25, 0.3) is 17.7 Å². The van der Waals surface area contributed by atoms with E-state index in [0.717, 1.165) is 16.3 Å². The van der Waals surface area contributed by atoms with Gasteiger partial charge in [-0.05, 0) is 30.2 Å². The fraction of sp³-hybridized carbons (Fsp3) is 0.321. The highest BCUT2D eigenvalue weighted by Crippen LogP contribution is 2.28. The standard InChI is InChI=1S/C28H30N4O5/c1-17(2)24(31-25(34)19-13-9-10-14-20(19)26(31)35)27(36)37-16-23(33)29-22-15-21(28(3,4)5)30-32(22)18-11-7-6-8-12-18/h6-15,17,24H,16H2,1-5H3,(H,29,33)/t24-/m0/s1. The molecule has 0 saturated carbocycles. The number of benzene rings is 2. The number of hydrogen-bond acceptors (Lipinski definition) is 6. The maximum Gasteiger partial charge on any atom is 0.330 e. The van der Waals surface area contributed by atoms with Gasteiger partial charge in [-0.25, -0.2) is 9.48 Å². The summed E-state index contributed by atoms with van der Waals surface area (Å²) in [6.07, 6.45) is 0. The molecule has 1 aliphatic heterocycles. The highest BCUT2D eigenvalue weighted by molar-refractivity contribution is 6.22. The second kappa shape index (κ2) is 10.0. The molecular formula is C28H30N4O5. The van der Waals surface area contributed by atoms with E-state index in [0.29, 0.717) is 5.82 Å². The highest BCUT2D eigenvalue weighted by atomic mass is 16.5. The number of fused-ring (bicyclic) bond motifs is 1. The SMILES string of the molecule is CC(C)[C@@H](C(=O)OCC(=O)Nc1cc(C(C)(C)C)nn1-c1ccccc1)N1C(=O)c2ccccc2C1=O. The minimum absolute atomic E-state index is 0.243. The van der Waals surface area contributed by atoms with Crippen molar-refractivity contribution >= 4 is 29.5 Å². The first-order valence-electron chi connectivity index (χ1n) is 12.1. The molecule has 1 aromatic heterocycles. The smallest absolute Gasteiger partial charge is 0.330 e. The number of nitrogens with zero attached hydrogens (tertiary/aromatic N) is 3. The van der Waals surface area contributed by atoms with Gasteiger partial charge in [-0.3, -0.25) is 19.3 Å². The Bertz CT molecular complexity index is 1320. The van der Waals surface area contributed by atoms with E-state index in [-0.39, 0.29) is 16.5 Å². The van der Waals surface area contributed by atoms with E-state index < -0.39 is 42.3 Å². The summed E-state index contributed by atoms with van der Waals surface area (Å²) in [7, 11) is 0. The lowest BCUT2D eigenvalue weighted by Gasteiger charge is -2.27. The van der Waals surface area contributed by atoms with Gasteiger partial charge in [0.2, 0.25) is 0 Å². The molecule has 0 unspecified atom stereocenters. The van der Waals surface area contributed by atoms with E-state index in [4.69, 9.17) is 4.74 Å². The third kappa shape index (κ3) is 5.16. The second-order valence-electron chi connectivity index (χ2n) is 10.3. The van der Waals surface area contributed by atoms with Crippen LogP contribution in [0, 0.1) is 5.92 Å². The van der Waals surface area contributed by atoms with Crippen molar-refractivity contribution in [3.63, 3.8) is 0 Å². The zero-order valence-electron chi connectivity index (χ0n) is 21.5. The van der Waals surface area contributed by atoms with Crippen LogP contribution in [0.3, 0.4) is 0 Å². The Labute approximate surface area is 215 Å². The molecule has 0 spiro atoms. The van der Waals surface area contributed by atoms with Crippen molar-refractivity contribution < 1.29 is 23.9 Å². The summed E-state index contributed by atoms with van der Waals surface area (Å²) in [5.41, 5.74) is 1.76. The monoisotopic (exact) mass is 502 g/mol. The van der Waals surface area contributed by atoms with Crippen LogP contribution in [-0.4, -0.2) is 51.0 Å². The number of esters is 1. The number of carbonyl (C=O) groups excluding carboxylic acids is 4. The van der Waals surface area contributed by atoms with Crippen molar-refractivity contribution in [3.05, 3.63) is 77.5 Å². The number of ether oxygens (including phenoxy) is 1. The van der Waals surface area contributed by atoms with Gasteiger partial charge in [0.05, 0.1) is 22.5 Å². The molecule has 2 aromatic carbocycles. The molecule has 1 aliphatic rings. The molecule has 0 fully saturated rings. The predicted molar refractivity (Wildman–Crippen MR) is 137 cm³/mol. The van der Waals surface area contributed by atoms with Crippen LogP contribution in [0.15, 0.2) is 60.7 Å². The average Bonchev–Trinajstić information content (AvgIpc) is 3.39. The number of rotatable bonds is 7. The van der Waals surface area contributed by atoms with E-state index >= 15 is 0 Å². The first-order chi connectivity index (χ1) is 17.5. The van der Waals surface area contributed by atoms with E-state index in [9.17, 15) is 19.2 Å². The third-order valence-electron chi connectivity index (χ3n) is 6.07. The molecule has 1 N–H and O–H groups in total. The topological polar surface area (TPSA) is 111 Å². The largest absolute Gasteiger partial charge is 0.454 e. The predicted octanol–water partition coefficient (Wildman–Crippen LogP) is 3.97. The Kier molecular flexibility index (Phi) is 6.98. The minimum Gasteiger partial charge on any atom is -0.454 e. The van der Waals surface area contributed by atoms with Crippen LogP contribution in [0.1, 0.15) is 61.0 Å². The molecule has 3 aromatic rings. The quantitative estimate of drug-likeness (QED) is 0.387. The van der Waals surface area contributed by atoms with Gasteiger partial charge in [0.1, 0.15) is 11.9 Å². The van der Waals surface area contributed by atoms with Crippen molar-refractivity contribution in [1.29, 1.82) is 0 Å². The Hall–Kier alpha value is -4.27. The summed E-state index contributed by atoms with van der Waals surface area (Å²) in [5, 5.41) is 7.42. The zero-order valence-corrected chi connectivity index (χ0v) is 21.5. The first kappa shape index (κ1) is 25.8. The molecule has 4 rings (SSSR count). The van der Waals surface area contributed by atoms with Gasteiger partial charge in [0.15, 0.2) is 6.61 Å². The highest BCUT2D eigenvalue weighted by Gasteiger charge is 2.44. The average molecular weight is 503 g/mol. The number of nitrogens with one attached hydrogen (secondary N) is 1. The molecule has 0 aliphatic carbocycles. The zero-order chi connectivity index (χ0) is 26.9. The Morgan fingerprint density at radius 1 is 0.946 bits per heavy atom. The summed E-state index contributed by atoms with van der Waals surface area (Å²) in [5.74, 6) is -2.50. The van der Waals surface area contributed by atoms with E-state index in [1.807, 2.05) is 51.1 Å². The van der Waals surface area contributed by atoms with Crippen LogP contribution in [0.25, 0.3) is 5.69 Å². The molecular weight excluding hydrogens is 472 g/mol. The van der Waals surface area contributed by atoms with Crippen molar-refractivity contribution in [2.45, 2.75) is 46.1 Å². The lowest BCUT2D eigenvalue weighted by atomic mass is 9.92. The number of carbonyl (C=O) groups is 4. The van der Waals surface area contributed by atoms with Gasteiger partial charge < -0.3 is 10.1 Å². The normalized spacial score (nSPS) is 14.1. The summed E-state index contributed by atoms with van der Waals surface area (Å²) in [4.78, 5) is 52.6. The first-order valence-corrected chi connectivity index (χ1v) is 12.1. The number of imide groups is 1. The van der Waals surface area contributed by atoms with Gasteiger partial charge in [0, 0.05) is 11.5 Å². The number of amides is 3. The van der Waals surface area contributed by atoms with Gasteiger partial charge >= 0.3 is 5.97 Å². The fourth-order valence-corrected chi connectivity index (χ4v) is 4.14. The van der Waals surface area contributed by atoms with Crippen molar-refractivity contribution in [2.75, 3.05) is 11.9 Å². The molecule has 2 heterocycles. The van der Waals surface area contributed by atoms with Crippen LogP contribution < -0.4 is 5.32 Å². The van der Waals surface area contributed by atoms with Crippen LogP contribution in [-0.2, 0) is 19.7 Å². The van der Waals surface area contributed by atoms with Gasteiger partial charge in [-0.1, -0.05) is 65.0 Å². The maximum atomic E-state index is 13.0. The molecule has 192 valence electrons. The van der Waals surface area contributed by atoms with E-state index in [1.165, 1.54) is 0 Å². The molecule has 1 atom stereocenters. The molecule has 9 heteroatoms. The summed E-state index contributed by atoms with van der Waals surface area (Å²) in [6.45, 7) is 8.88. The Morgan fingerprint density at radius 3 is 2.05 bits per heavy atom. The van der Waals surface area contributed by atoms with Crippen LogP contribution in [0.2, 0.25) is 0 Å². The van der Waals surface area contributed by atoms with E-state index in [1.54, 1.807) is 48.9 Å². The molecule has 0 radical (unpaired) electrons. The molecule has 9 nitrogen and oxygen atoms in total. The number of aromatic nitrogens is 2. The molecule has 3 amide bonds. The number of hydrogen-bond donors (Lipinski definition) is 1. The van der Waals surface area contributed by atoms with Crippen molar-refractivity contribution in [3.8, 4) is 5.69 Å². The van der Waals surface area contributed by atoms with E-state index in [2.05, 4.69) is 10.4 Å². The van der Waals surface area contributed by atoms with Gasteiger partial charge in [-0.15, -0.1) is 0 Å². The van der Waals surface area contributed by atoms with Gasteiger partial charge in [-0.2, -0.15) is 5.10 Å². The number of anilines is 1. The minimum atomic E-state index is -1.16. The fourth-order valence-electron chi connectivity index (χ4n) is 4.14. The molecule has 37 heavy (non-hydrogen) atoms. The van der Waals surface area contributed by atoms with Crippen molar-refractivity contribution in [2.24, 2.45) is 5.92 Å². The summed E-state index contributed by atoms with van der Waals surface area (Å²) < 4.78 is 6.92. The molecule has 0 saturated heterocycles. The molecule has 0 bridgehead atoms. The lowest BCUT2D eigenvalue weighted by molar-refractivity contribution is -0.152. The summed E-state index contributed by atoms with van der Waals surface area (Å²) >= 11 is 0. The van der Waals surface area contributed by atoms with Crippen molar-refractivity contribution in [1.82, 2.24) is 14.7 Å². The van der Waals surface area contributed by atoms with Crippen LogP contribution in [0.5, 0.6) is 0 Å². The van der Waals surface area contributed by atoms with Crippen LogP contribution >= 0.6 is 0 Å². The van der Waals surface area contributed by atoms with Crippen LogP contribution in [0.4, 0.5) is 5.82 Å². The number of para-hydroxylation sites is 1. The third-order valence-corrected chi connectivity index (χ3v) is 6.07. The Morgan fingerprint density at radius 2 is 1.51 bits per heavy atom. The second-order valence-corrected chi connectivity index (χ2v) is 10.3. The maximum absolute atomic E-state index is 13.0.